The van der Waals surface area contributed by atoms with Crippen molar-refractivity contribution in [2.45, 2.75) is 58.0 Å². The Hall–Kier alpha value is -3.01. The average molecular weight is 598 g/mol. The Balaban J connectivity index is 3.15. The third-order valence-corrected chi connectivity index (χ3v) is 5.52. The number of carbonyl (C=O) groups excluding carboxylic acids is 1. The molecule has 0 aliphatic carbocycles. The average Bonchev–Trinajstić information content (AvgIpc) is 2.79. The van der Waals surface area contributed by atoms with Crippen LogP contribution in [0.1, 0.15) is 43.5 Å². The number of anilines is 2. The fraction of sp³-hybridized carbons (Fsp3) is 0.500. The minimum absolute atomic E-state index is 0.0688. The van der Waals surface area contributed by atoms with E-state index in [1.165, 1.54) is 6.92 Å². The van der Waals surface area contributed by atoms with E-state index in [4.69, 9.17) is 21.1 Å². The molecule has 2 rings (SSSR count). The number of ether oxygens (including phenoxy) is 2. The fourth-order valence-corrected chi connectivity index (χ4v) is 3.67. The summed E-state index contributed by atoms with van der Waals surface area (Å²) in [5.74, 6) is -2.59. The maximum absolute atomic E-state index is 13.7. The van der Waals surface area contributed by atoms with Gasteiger partial charge in [0.1, 0.15) is 0 Å². The number of hydrogen-bond acceptors (Lipinski definition) is 6. The first kappa shape index (κ1) is 32.2. The van der Waals surface area contributed by atoms with E-state index in [0.29, 0.717) is 11.0 Å². The molecule has 7 nitrogen and oxygen atoms in total. The van der Waals surface area contributed by atoms with Gasteiger partial charge in [0.25, 0.3) is 5.56 Å². The van der Waals surface area contributed by atoms with Gasteiger partial charge in [-0.05, 0) is 25.5 Å². The lowest BCUT2D eigenvalue weighted by Crippen LogP contribution is -2.44. The van der Waals surface area contributed by atoms with Crippen LogP contribution in [0.5, 0.6) is 0 Å². The molecule has 0 spiro atoms. The molecular formula is C22H21ClF9N3O4. The predicted octanol–water partition coefficient (Wildman–Crippen LogP) is 6.43. The summed E-state index contributed by atoms with van der Waals surface area (Å²) in [6.45, 7) is 2.19. The van der Waals surface area contributed by atoms with Gasteiger partial charge in [-0.25, -0.2) is 9.78 Å². The molecule has 1 aromatic carbocycles. The van der Waals surface area contributed by atoms with Gasteiger partial charge in [0.05, 0.1) is 28.4 Å². The van der Waals surface area contributed by atoms with E-state index in [0.717, 1.165) is 7.11 Å². The summed E-state index contributed by atoms with van der Waals surface area (Å²) in [5, 5.41) is -1.43. The van der Waals surface area contributed by atoms with Crippen LogP contribution in [0.2, 0.25) is 5.02 Å². The summed E-state index contributed by atoms with van der Waals surface area (Å²) in [7, 11) is 0.781. The molecule has 0 N–H and O–H groups in total. The van der Waals surface area contributed by atoms with Gasteiger partial charge in [-0.3, -0.25) is 14.3 Å². The molecule has 0 radical (unpaired) electrons. The lowest BCUT2D eigenvalue weighted by Gasteiger charge is -2.33. The zero-order valence-corrected chi connectivity index (χ0v) is 21.1. The van der Waals surface area contributed by atoms with Gasteiger partial charge in [0.2, 0.25) is 12.2 Å². The van der Waals surface area contributed by atoms with Crippen LogP contribution >= 0.6 is 11.6 Å². The molecule has 0 saturated carbocycles. The van der Waals surface area contributed by atoms with Gasteiger partial charge in [-0.2, -0.15) is 39.5 Å². The molecule has 2 aromatic rings. The van der Waals surface area contributed by atoms with Gasteiger partial charge in [0.15, 0.2) is 5.69 Å². The van der Waals surface area contributed by atoms with E-state index >= 15 is 0 Å². The normalized spacial score (nSPS) is 13.4. The second-order valence-corrected chi connectivity index (χ2v) is 8.22. The summed E-state index contributed by atoms with van der Waals surface area (Å²) < 4.78 is 133. The van der Waals surface area contributed by atoms with Crippen molar-refractivity contribution in [1.29, 1.82) is 0 Å². The van der Waals surface area contributed by atoms with E-state index in [1.807, 2.05) is 0 Å². The van der Waals surface area contributed by atoms with Crippen molar-refractivity contribution in [2.24, 2.45) is 0 Å². The minimum Gasteiger partial charge on any atom is -0.463 e. The largest absolute Gasteiger partial charge is 0.463 e. The Morgan fingerprint density at radius 1 is 1.03 bits per heavy atom. The Morgan fingerprint density at radius 2 is 1.64 bits per heavy atom. The number of carbonyl (C=O) groups is 1. The molecule has 0 amide bonds. The highest BCUT2D eigenvalue weighted by Crippen LogP contribution is 2.46. The number of alkyl halides is 9. The van der Waals surface area contributed by atoms with Gasteiger partial charge in [0, 0.05) is 19.7 Å². The quantitative estimate of drug-likeness (QED) is 0.189. The number of hydrogen-bond donors (Lipinski definition) is 0. The number of unbranched alkanes of at least 4 members (excludes halogenated alkanes) is 1. The van der Waals surface area contributed by atoms with Crippen LogP contribution in [0, 0.1) is 0 Å². The van der Waals surface area contributed by atoms with Crippen molar-refractivity contribution in [1.82, 2.24) is 9.55 Å². The molecule has 0 aliphatic rings. The van der Waals surface area contributed by atoms with Gasteiger partial charge < -0.3 is 9.47 Å². The first-order valence-corrected chi connectivity index (χ1v) is 11.4. The first-order chi connectivity index (χ1) is 17.9. The SMILES string of the molecule is CCCCn1c(N(c2cc(C(F)(F)F)cc(C(F)(F)F)c2Cl)C(OC)C(=O)OCC)nc(C(F)(F)F)cc1=O. The molecule has 39 heavy (non-hydrogen) atoms. The van der Waals surface area contributed by atoms with Crippen LogP contribution in [-0.4, -0.2) is 35.5 Å². The maximum atomic E-state index is 13.7. The summed E-state index contributed by atoms with van der Waals surface area (Å²) in [5.41, 5.74) is -8.39. The summed E-state index contributed by atoms with van der Waals surface area (Å²) >= 11 is 5.90. The third kappa shape index (κ3) is 7.35. The van der Waals surface area contributed by atoms with Crippen LogP contribution in [0.25, 0.3) is 0 Å². The van der Waals surface area contributed by atoms with E-state index in [-0.39, 0.29) is 42.7 Å². The zero-order chi connectivity index (χ0) is 29.9. The van der Waals surface area contributed by atoms with Crippen molar-refractivity contribution in [3.63, 3.8) is 0 Å². The Morgan fingerprint density at radius 3 is 2.10 bits per heavy atom. The van der Waals surface area contributed by atoms with Crippen molar-refractivity contribution in [3.8, 4) is 0 Å². The monoisotopic (exact) mass is 597 g/mol. The molecule has 218 valence electrons. The molecule has 1 atom stereocenters. The van der Waals surface area contributed by atoms with Crippen LogP contribution in [-0.2, 0) is 39.3 Å². The highest BCUT2D eigenvalue weighted by molar-refractivity contribution is 6.34. The Kier molecular flexibility index (Phi) is 9.93. The van der Waals surface area contributed by atoms with Crippen molar-refractivity contribution in [2.75, 3.05) is 18.6 Å². The fourth-order valence-electron chi connectivity index (χ4n) is 3.36. The third-order valence-electron chi connectivity index (χ3n) is 5.12. The molecule has 17 heteroatoms. The number of rotatable bonds is 9. The van der Waals surface area contributed by atoms with E-state index in [9.17, 15) is 49.1 Å². The minimum atomic E-state index is -5.48. The summed E-state index contributed by atoms with van der Waals surface area (Å²) in [4.78, 5) is 28.9. The molecule has 1 heterocycles. The number of methoxy groups -OCH3 is 1. The van der Waals surface area contributed by atoms with Gasteiger partial charge in [-0.15, -0.1) is 0 Å². The molecule has 0 saturated heterocycles. The lowest BCUT2D eigenvalue weighted by molar-refractivity contribution is -0.154. The predicted molar refractivity (Wildman–Crippen MR) is 119 cm³/mol. The number of esters is 1. The van der Waals surface area contributed by atoms with Crippen LogP contribution in [0.4, 0.5) is 51.1 Å². The van der Waals surface area contributed by atoms with Gasteiger partial charge >= 0.3 is 24.5 Å². The van der Waals surface area contributed by atoms with E-state index in [2.05, 4.69) is 4.98 Å². The van der Waals surface area contributed by atoms with E-state index in [1.54, 1.807) is 6.92 Å². The summed E-state index contributed by atoms with van der Waals surface area (Å²) in [6.07, 6.45) is -18.0. The molecule has 0 aliphatic heterocycles. The van der Waals surface area contributed by atoms with Crippen molar-refractivity contribution in [3.05, 3.63) is 50.4 Å². The van der Waals surface area contributed by atoms with Crippen LogP contribution in [0.15, 0.2) is 23.0 Å². The smallest absolute Gasteiger partial charge is 0.433 e. The zero-order valence-electron chi connectivity index (χ0n) is 20.4. The molecule has 0 fully saturated rings. The van der Waals surface area contributed by atoms with Crippen molar-refractivity contribution < 1.29 is 53.8 Å². The Labute approximate surface area is 220 Å². The number of aromatic nitrogens is 2. The van der Waals surface area contributed by atoms with Crippen LogP contribution in [0.3, 0.4) is 0 Å². The molecular weight excluding hydrogens is 577 g/mol. The molecule has 1 aromatic heterocycles. The first-order valence-electron chi connectivity index (χ1n) is 11.0. The maximum Gasteiger partial charge on any atom is 0.433 e. The second-order valence-electron chi connectivity index (χ2n) is 7.85. The van der Waals surface area contributed by atoms with Crippen LogP contribution < -0.4 is 10.5 Å². The number of benzene rings is 1. The highest BCUT2D eigenvalue weighted by atomic mass is 35.5. The Bertz CT molecular complexity index is 1240. The standard InChI is InChI=1S/C22H21ClF9N3O4/c1-4-6-7-34-15(36)10-14(22(30,31)32)33-19(34)35(17(38-3)18(37)39-5-2)13-9-11(20(24,25)26)8-12(16(13)23)21(27,28)29/h8-10,17H,4-7H2,1-3H3. The highest BCUT2D eigenvalue weighted by Gasteiger charge is 2.43. The summed E-state index contributed by atoms with van der Waals surface area (Å²) in [6, 6.07) is -0.141. The molecule has 1 unspecified atom stereocenters. The lowest BCUT2D eigenvalue weighted by atomic mass is 10.1. The number of nitrogens with zero attached hydrogens (tertiary/aromatic N) is 3. The topological polar surface area (TPSA) is 73.7 Å². The molecule has 0 bridgehead atoms. The second kappa shape index (κ2) is 12.0. The van der Waals surface area contributed by atoms with Crippen molar-refractivity contribution >= 4 is 29.2 Å². The van der Waals surface area contributed by atoms with E-state index < -0.39 is 69.8 Å². The number of halogens is 10. The van der Waals surface area contributed by atoms with Gasteiger partial charge in [-0.1, -0.05) is 24.9 Å².